The summed E-state index contributed by atoms with van der Waals surface area (Å²) in [7, 11) is 0. The molecule has 1 fully saturated rings. The van der Waals surface area contributed by atoms with E-state index in [0.717, 1.165) is 25.9 Å². The first-order valence-corrected chi connectivity index (χ1v) is 6.69. The van der Waals surface area contributed by atoms with Gasteiger partial charge in [-0.1, -0.05) is 6.07 Å². The molecular weight excluding hydrogens is 220 g/mol. The molecule has 1 saturated heterocycles. The SMILES string of the molecule is CC1NCCC1C(=O)NCCc1cccs1. The van der Waals surface area contributed by atoms with Crippen molar-refractivity contribution in [2.75, 3.05) is 13.1 Å². The number of carbonyl (C=O) groups is 1. The van der Waals surface area contributed by atoms with Crippen LogP contribution in [-0.2, 0) is 11.2 Å². The van der Waals surface area contributed by atoms with Gasteiger partial charge in [-0.25, -0.2) is 0 Å². The maximum Gasteiger partial charge on any atom is 0.224 e. The van der Waals surface area contributed by atoms with Crippen molar-refractivity contribution in [3.63, 3.8) is 0 Å². The highest BCUT2D eigenvalue weighted by Crippen LogP contribution is 2.15. The van der Waals surface area contributed by atoms with Gasteiger partial charge in [0.15, 0.2) is 0 Å². The molecule has 2 atom stereocenters. The number of hydrogen-bond acceptors (Lipinski definition) is 3. The van der Waals surface area contributed by atoms with Crippen LogP contribution in [0, 0.1) is 5.92 Å². The number of rotatable bonds is 4. The molecule has 3 nitrogen and oxygen atoms in total. The van der Waals surface area contributed by atoms with Crippen molar-refractivity contribution in [3.05, 3.63) is 22.4 Å². The van der Waals surface area contributed by atoms with Crippen LogP contribution in [0.25, 0.3) is 0 Å². The Bertz CT molecular complexity index is 337. The van der Waals surface area contributed by atoms with Crippen molar-refractivity contribution < 1.29 is 4.79 Å². The molecular formula is C12H18N2OS. The van der Waals surface area contributed by atoms with Gasteiger partial charge in [0.25, 0.3) is 0 Å². The van der Waals surface area contributed by atoms with Gasteiger partial charge in [0, 0.05) is 17.5 Å². The molecule has 16 heavy (non-hydrogen) atoms. The average Bonchev–Trinajstić information content (AvgIpc) is 2.88. The lowest BCUT2D eigenvalue weighted by molar-refractivity contribution is -0.125. The lowest BCUT2D eigenvalue weighted by Gasteiger charge is -2.14. The maximum absolute atomic E-state index is 11.8. The highest BCUT2D eigenvalue weighted by atomic mass is 32.1. The Hall–Kier alpha value is -0.870. The van der Waals surface area contributed by atoms with E-state index in [1.54, 1.807) is 11.3 Å². The summed E-state index contributed by atoms with van der Waals surface area (Å²) >= 11 is 1.74. The van der Waals surface area contributed by atoms with E-state index in [9.17, 15) is 4.79 Å². The van der Waals surface area contributed by atoms with Crippen LogP contribution in [-0.4, -0.2) is 25.0 Å². The third kappa shape index (κ3) is 2.83. The van der Waals surface area contributed by atoms with Crippen LogP contribution in [0.4, 0.5) is 0 Å². The van der Waals surface area contributed by atoms with E-state index in [1.165, 1.54) is 4.88 Å². The predicted octanol–water partition coefficient (Wildman–Crippen LogP) is 1.40. The van der Waals surface area contributed by atoms with Crippen LogP contribution in [0.3, 0.4) is 0 Å². The Morgan fingerprint density at radius 1 is 1.69 bits per heavy atom. The molecule has 1 amide bonds. The Morgan fingerprint density at radius 3 is 3.19 bits per heavy atom. The zero-order valence-electron chi connectivity index (χ0n) is 9.53. The second-order valence-corrected chi connectivity index (χ2v) is 5.29. The van der Waals surface area contributed by atoms with Crippen molar-refractivity contribution in [1.82, 2.24) is 10.6 Å². The first-order chi connectivity index (χ1) is 7.77. The van der Waals surface area contributed by atoms with Crippen LogP contribution in [0.5, 0.6) is 0 Å². The van der Waals surface area contributed by atoms with E-state index in [4.69, 9.17) is 0 Å². The van der Waals surface area contributed by atoms with Gasteiger partial charge in [-0.2, -0.15) is 0 Å². The fourth-order valence-corrected chi connectivity index (χ4v) is 2.82. The fourth-order valence-electron chi connectivity index (χ4n) is 2.11. The molecule has 2 heterocycles. The second kappa shape index (κ2) is 5.46. The van der Waals surface area contributed by atoms with Crippen LogP contribution < -0.4 is 10.6 Å². The molecule has 1 aliphatic rings. The zero-order valence-corrected chi connectivity index (χ0v) is 10.3. The summed E-state index contributed by atoms with van der Waals surface area (Å²) in [4.78, 5) is 13.2. The van der Waals surface area contributed by atoms with E-state index < -0.39 is 0 Å². The average molecular weight is 238 g/mol. The molecule has 2 rings (SSSR count). The minimum atomic E-state index is 0.156. The third-order valence-corrected chi connectivity index (χ3v) is 4.05. The molecule has 2 N–H and O–H groups in total. The van der Waals surface area contributed by atoms with Crippen LogP contribution >= 0.6 is 11.3 Å². The number of thiophene rings is 1. The van der Waals surface area contributed by atoms with E-state index in [1.807, 2.05) is 6.07 Å². The molecule has 0 spiro atoms. The molecule has 1 aromatic heterocycles. The quantitative estimate of drug-likeness (QED) is 0.832. The molecule has 0 saturated carbocycles. The smallest absolute Gasteiger partial charge is 0.224 e. The third-order valence-electron chi connectivity index (χ3n) is 3.11. The Kier molecular flexibility index (Phi) is 3.96. The molecule has 0 bridgehead atoms. The first kappa shape index (κ1) is 11.6. The molecule has 0 aromatic carbocycles. The normalized spacial score (nSPS) is 24.6. The fraction of sp³-hybridized carbons (Fsp3) is 0.583. The Morgan fingerprint density at radius 2 is 2.56 bits per heavy atom. The van der Waals surface area contributed by atoms with Crippen molar-refractivity contribution in [2.45, 2.75) is 25.8 Å². The minimum absolute atomic E-state index is 0.156. The number of carbonyl (C=O) groups excluding carboxylic acids is 1. The monoisotopic (exact) mass is 238 g/mol. The minimum Gasteiger partial charge on any atom is -0.355 e. The van der Waals surface area contributed by atoms with Gasteiger partial charge < -0.3 is 10.6 Å². The molecule has 4 heteroatoms. The summed E-state index contributed by atoms with van der Waals surface area (Å²) in [5.74, 6) is 0.359. The summed E-state index contributed by atoms with van der Waals surface area (Å²) in [5, 5.41) is 8.39. The second-order valence-electron chi connectivity index (χ2n) is 4.26. The summed E-state index contributed by atoms with van der Waals surface area (Å²) in [5.41, 5.74) is 0. The van der Waals surface area contributed by atoms with Gasteiger partial charge >= 0.3 is 0 Å². The van der Waals surface area contributed by atoms with Crippen molar-refractivity contribution >= 4 is 17.2 Å². The predicted molar refractivity (Wildman–Crippen MR) is 66.6 cm³/mol. The van der Waals surface area contributed by atoms with E-state index >= 15 is 0 Å². The summed E-state index contributed by atoms with van der Waals surface area (Å²) in [6, 6.07) is 4.48. The molecule has 0 aliphatic carbocycles. The summed E-state index contributed by atoms with van der Waals surface area (Å²) in [6.45, 7) is 3.79. The number of hydrogen-bond donors (Lipinski definition) is 2. The molecule has 1 aliphatic heterocycles. The van der Waals surface area contributed by atoms with Gasteiger partial charge in [-0.05, 0) is 37.8 Å². The van der Waals surface area contributed by atoms with Crippen molar-refractivity contribution in [3.8, 4) is 0 Å². The summed E-state index contributed by atoms with van der Waals surface area (Å²) in [6.07, 6.45) is 1.91. The van der Waals surface area contributed by atoms with Gasteiger partial charge in [-0.15, -0.1) is 11.3 Å². The highest BCUT2D eigenvalue weighted by Gasteiger charge is 2.28. The molecule has 1 aromatic rings. The molecule has 0 radical (unpaired) electrons. The Labute approximate surface area is 100 Å². The Balaban J connectivity index is 1.71. The van der Waals surface area contributed by atoms with Crippen molar-refractivity contribution in [2.24, 2.45) is 5.92 Å². The summed E-state index contributed by atoms with van der Waals surface area (Å²) < 4.78 is 0. The number of amides is 1. The van der Waals surface area contributed by atoms with Gasteiger partial charge in [0.05, 0.1) is 5.92 Å². The topological polar surface area (TPSA) is 41.1 Å². The number of nitrogens with one attached hydrogen (secondary N) is 2. The van der Waals surface area contributed by atoms with Crippen LogP contribution in [0.2, 0.25) is 0 Å². The molecule has 2 unspecified atom stereocenters. The van der Waals surface area contributed by atoms with E-state index in [-0.39, 0.29) is 11.8 Å². The van der Waals surface area contributed by atoms with Gasteiger partial charge in [-0.3, -0.25) is 4.79 Å². The maximum atomic E-state index is 11.8. The van der Waals surface area contributed by atoms with Crippen LogP contribution in [0.15, 0.2) is 17.5 Å². The van der Waals surface area contributed by atoms with Gasteiger partial charge in [0.1, 0.15) is 0 Å². The lowest BCUT2D eigenvalue weighted by atomic mass is 10.0. The van der Waals surface area contributed by atoms with Crippen LogP contribution in [0.1, 0.15) is 18.2 Å². The standard InChI is InChI=1S/C12H18N2OS/c1-9-11(5-7-13-9)12(15)14-6-4-10-3-2-8-16-10/h2-3,8-9,11,13H,4-7H2,1H3,(H,14,15). The van der Waals surface area contributed by atoms with E-state index in [2.05, 4.69) is 29.0 Å². The zero-order chi connectivity index (χ0) is 11.4. The largest absolute Gasteiger partial charge is 0.355 e. The molecule has 88 valence electrons. The van der Waals surface area contributed by atoms with Gasteiger partial charge in [0.2, 0.25) is 5.91 Å². The van der Waals surface area contributed by atoms with Crippen molar-refractivity contribution in [1.29, 1.82) is 0 Å². The lowest BCUT2D eigenvalue weighted by Crippen LogP contribution is -2.37. The van der Waals surface area contributed by atoms with E-state index in [0.29, 0.717) is 6.04 Å². The highest BCUT2D eigenvalue weighted by molar-refractivity contribution is 7.09. The first-order valence-electron chi connectivity index (χ1n) is 5.81.